The molecule has 0 saturated heterocycles. The lowest BCUT2D eigenvalue weighted by Crippen LogP contribution is -1.98. The SMILES string of the molecule is C=CCn1c(SCCCC(C)=O)nc2ccccc21. The van der Waals surface area contributed by atoms with Gasteiger partial charge in [-0.25, -0.2) is 4.98 Å². The van der Waals surface area contributed by atoms with Crippen LogP contribution in [-0.4, -0.2) is 21.1 Å². The number of fused-ring (bicyclic) bond motifs is 1. The fraction of sp³-hybridized carbons (Fsp3) is 0.333. The summed E-state index contributed by atoms with van der Waals surface area (Å²) in [4.78, 5) is 15.6. The second-order valence-corrected chi connectivity index (χ2v) is 5.50. The van der Waals surface area contributed by atoms with Gasteiger partial charge < -0.3 is 9.36 Å². The van der Waals surface area contributed by atoms with Gasteiger partial charge in [-0.1, -0.05) is 30.0 Å². The first kappa shape index (κ1) is 13.9. The summed E-state index contributed by atoms with van der Waals surface area (Å²) in [6.07, 6.45) is 3.43. The summed E-state index contributed by atoms with van der Waals surface area (Å²) in [6.45, 7) is 6.20. The second-order valence-electron chi connectivity index (χ2n) is 4.44. The van der Waals surface area contributed by atoms with Crippen LogP contribution in [-0.2, 0) is 11.3 Å². The third-order valence-electron chi connectivity index (χ3n) is 2.84. The fourth-order valence-electron chi connectivity index (χ4n) is 1.95. The molecule has 0 atom stereocenters. The van der Waals surface area contributed by atoms with Gasteiger partial charge in [0.05, 0.1) is 11.0 Å². The zero-order valence-electron chi connectivity index (χ0n) is 11.1. The number of aromatic nitrogens is 2. The van der Waals surface area contributed by atoms with Crippen molar-refractivity contribution in [2.75, 3.05) is 5.75 Å². The Morgan fingerprint density at radius 2 is 2.26 bits per heavy atom. The van der Waals surface area contributed by atoms with E-state index in [2.05, 4.69) is 22.2 Å². The Morgan fingerprint density at radius 3 is 3.00 bits per heavy atom. The molecule has 0 fully saturated rings. The predicted octanol–water partition coefficient (Wildman–Crippen LogP) is 3.68. The summed E-state index contributed by atoms with van der Waals surface area (Å²) in [6, 6.07) is 8.12. The maximum atomic E-state index is 10.9. The normalized spacial score (nSPS) is 10.8. The van der Waals surface area contributed by atoms with Crippen molar-refractivity contribution < 1.29 is 4.79 Å². The van der Waals surface area contributed by atoms with Gasteiger partial charge in [-0.3, -0.25) is 0 Å². The first-order valence-electron chi connectivity index (χ1n) is 6.40. The summed E-state index contributed by atoms with van der Waals surface area (Å²) < 4.78 is 2.17. The maximum Gasteiger partial charge on any atom is 0.169 e. The number of benzene rings is 1. The molecule has 0 radical (unpaired) electrons. The van der Waals surface area contributed by atoms with Crippen LogP contribution in [0.15, 0.2) is 42.1 Å². The van der Waals surface area contributed by atoms with Gasteiger partial charge in [0, 0.05) is 18.7 Å². The standard InChI is InChI=1S/C15H18N2OS/c1-3-10-17-14-9-5-4-8-13(14)16-15(17)19-11-6-7-12(2)18/h3-5,8-9H,1,6-7,10-11H2,2H3. The van der Waals surface area contributed by atoms with Crippen LogP contribution in [0.5, 0.6) is 0 Å². The van der Waals surface area contributed by atoms with Crippen LogP contribution < -0.4 is 0 Å². The first-order valence-corrected chi connectivity index (χ1v) is 7.39. The number of hydrogen-bond donors (Lipinski definition) is 0. The predicted molar refractivity (Wildman–Crippen MR) is 80.6 cm³/mol. The molecule has 0 unspecified atom stereocenters. The minimum atomic E-state index is 0.250. The van der Waals surface area contributed by atoms with Crippen LogP contribution in [0.2, 0.25) is 0 Å². The van der Waals surface area contributed by atoms with E-state index < -0.39 is 0 Å². The van der Waals surface area contributed by atoms with Gasteiger partial charge in [0.1, 0.15) is 5.78 Å². The molecule has 0 N–H and O–H groups in total. The lowest BCUT2D eigenvalue weighted by molar-refractivity contribution is -0.117. The molecule has 0 aliphatic heterocycles. The fourth-order valence-corrected chi connectivity index (χ4v) is 2.92. The average Bonchev–Trinajstić information content (AvgIpc) is 2.74. The molecule has 1 aromatic carbocycles. The lowest BCUT2D eigenvalue weighted by atomic mass is 10.3. The van der Waals surface area contributed by atoms with E-state index in [0.717, 1.165) is 34.9 Å². The summed E-state index contributed by atoms with van der Waals surface area (Å²) in [5.74, 6) is 1.17. The molecule has 3 nitrogen and oxygen atoms in total. The van der Waals surface area contributed by atoms with Crippen molar-refractivity contribution in [2.24, 2.45) is 0 Å². The summed E-state index contributed by atoms with van der Waals surface area (Å²) in [7, 11) is 0. The Labute approximate surface area is 117 Å². The Kier molecular flexibility index (Phi) is 4.80. The van der Waals surface area contributed by atoms with Crippen molar-refractivity contribution in [3.8, 4) is 0 Å². The Morgan fingerprint density at radius 1 is 1.47 bits per heavy atom. The number of rotatable bonds is 7. The Hall–Kier alpha value is -1.55. The van der Waals surface area contributed by atoms with Gasteiger partial charge in [0.2, 0.25) is 0 Å². The summed E-state index contributed by atoms with van der Waals surface area (Å²) in [5.41, 5.74) is 2.15. The molecular formula is C15H18N2OS. The number of para-hydroxylation sites is 2. The quantitative estimate of drug-likeness (QED) is 0.439. The first-order chi connectivity index (χ1) is 9.22. The van der Waals surface area contributed by atoms with Gasteiger partial charge in [-0.2, -0.15) is 0 Å². The topological polar surface area (TPSA) is 34.9 Å². The maximum absolute atomic E-state index is 10.9. The zero-order valence-corrected chi connectivity index (χ0v) is 11.9. The van der Waals surface area contributed by atoms with Gasteiger partial charge in [0.15, 0.2) is 5.16 Å². The highest BCUT2D eigenvalue weighted by Gasteiger charge is 2.09. The van der Waals surface area contributed by atoms with Crippen molar-refractivity contribution in [3.63, 3.8) is 0 Å². The zero-order chi connectivity index (χ0) is 13.7. The molecule has 4 heteroatoms. The van der Waals surface area contributed by atoms with Crippen molar-refractivity contribution in [1.82, 2.24) is 9.55 Å². The van der Waals surface area contributed by atoms with E-state index in [4.69, 9.17) is 0 Å². The summed E-state index contributed by atoms with van der Waals surface area (Å²) >= 11 is 1.71. The highest BCUT2D eigenvalue weighted by molar-refractivity contribution is 7.99. The number of imidazole rings is 1. The molecule has 0 bridgehead atoms. The molecule has 2 rings (SSSR count). The van der Waals surface area contributed by atoms with Crippen molar-refractivity contribution in [1.29, 1.82) is 0 Å². The van der Waals surface area contributed by atoms with Crippen molar-refractivity contribution in [3.05, 3.63) is 36.9 Å². The number of allylic oxidation sites excluding steroid dienone is 1. The van der Waals surface area contributed by atoms with E-state index >= 15 is 0 Å². The van der Waals surface area contributed by atoms with Gasteiger partial charge >= 0.3 is 0 Å². The minimum absolute atomic E-state index is 0.250. The van der Waals surface area contributed by atoms with Crippen LogP contribution in [0, 0.1) is 0 Å². The van der Waals surface area contributed by atoms with E-state index in [0.29, 0.717) is 6.42 Å². The number of carbonyl (C=O) groups excluding carboxylic acids is 1. The molecule has 1 heterocycles. The van der Waals surface area contributed by atoms with E-state index in [1.54, 1.807) is 18.7 Å². The number of ketones is 1. The molecule has 1 aromatic heterocycles. The highest BCUT2D eigenvalue weighted by Crippen LogP contribution is 2.24. The molecule has 2 aromatic rings. The molecule has 0 spiro atoms. The van der Waals surface area contributed by atoms with Gasteiger partial charge in [-0.05, 0) is 25.5 Å². The number of nitrogens with zero attached hydrogens (tertiary/aromatic N) is 2. The molecule has 0 aliphatic carbocycles. The van der Waals surface area contributed by atoms with E-state index in [-0.39, 0.29) is 5.78 Å². The lowest BCUT2D eigenvalue weighted by Gasteiger charge is -2.05. The van der Waals surface area contributed by atoms with Crippen molar-refractivity contribution in [2.45, 2.75) is 31.5 Å². The van der Waals surface area contributed by atoms with Gasteiger partial charge in [0.25, 0.3) is 0 Å². The monoisotopic (exact) mass is 274 g/mol. The Balaban J connectivity index is 2.14. The third-order valence-corrected chi connectivity index (χ3v) is 3.90. The van der Waals surface area contributed by atoms with E-state index in [1.807, 2.05) is 24.3 Å². The van der Waals surface area contributed by atoms with E-state index in [1.165, 1.54) is 0 Å². The number of Topliss-reactive ketones (excluding diaryl/α,β-unsaturated/α-hetero) is 1. The summed E-state index contributed by atoms with van der Waals surface area (Å²) in [5, 5.41) is 1.00. The Bertz CT molecular complexity index is 589. The number of hydrogen-bond acceptors (Lipinski definition) is 3. The highest BCUT2D eigenvalue weighted by atomic mass is 32.2. The van der Waals surface area contributed by atoms with Gasteiger partial charge in [-0.15, -0.1) is 6.58 Å². The molecule has 19 heavy (non-hydrogen) atoms. The molecule has 0 amide bonds. The van der Waals surface area contributed by atoms with Crippen LogP contribution >= 0.6 is 11.8 Å². The van der Waals surface area contributed by atoms with Crippen molar-refractivity contribution >= 4 is 28.6 Å². The molecular weight excluding hydrogens is 256 g/mol. The average molecular weight is 274 g/mol. The molecule has 100 valence electrons. The third kappa shape index (κ3) is 3.47. The molecule has 0 saturated carbocycles. The largest absolute Gasteiger partial charge is 0.315 e. The molecule has 0 aliphatic rings. The smallest absolute Gasteiger partial charge is 0.169 e. The second kappa shape index (κ2) is 6.57. The van der Waals surface area contributed by atoms with Crippen LogP contribution in [0.25, 0.3) is 11.0 Å². The van der Waals surface area contributed by atoms with Crippen LogP contribution in [0.3, 0.4) is 0 Å². The van der Waals surface area contributed by atoms with Crippen LogP contribution in [0.4, 0.5) is 0 Å². The minimum Gasteiger partial charge on any atom is -0.315 e. The van der Waals surface area contributed by atoms with E-state index in [9.17, 15) is 4.79 Å². The number of thioether (sulfide) groups is 1. The van der Waals surface area contributed by atoms with Crippen LogP contribution in [0.1, 0.15) is 19.8 Å². The number of carbonyl (C=O) groups is 1.